The maximum atomic E-state index is 13.7. The van der Waals surface area contributed by atoms with Gasteiger partial charge in [0.15, 0.2) is 0 Å². The van der Waals surface area contributed by atoms with Crippen LogP contribution >= 0.6 is 11.6 Å². The fraction of sp³-hybridized carbons (Fsp3) is 0.154. The van der Waals surface area contributed by atoms with Crippen molar-refractivity contribution in [1.29, 1.82) is 0 Å². The first-order valence-corrected chi connectivity index (χ1v) is 12.8. The molecule has 0 atom stereocenters. The summed E-state index contributed by atoms with van der Waals surface area (Å²) in [6.45, 7) is 1.12. The summed E-state index contributed by atoms with van der Waals surface area (Å²) < 4.78 is 28.5. The molecule has 0 saturated carbocycles. The molecule has 172 valence electrons. The molecule has 0 unspecified atom stereocenters. The standard InChI is InChI=1S/C26H23ClN3O3S/c27-23-8-6-22-19-25(9-7-21(22)18-23)34(32,33)29-14-16-30(17-15-29,24-10-12-28-13-11-24)26(31)20-4-2-1-3-5-20/h1-13,18-19H,14-17H2/q+1. The van der Waals surface area contributed by atoms with E-state index in [0.29, 0.717) is 23.7 Å². The molecule has 1 saturated heterocycles. The summed E-state index contributed by atoms with van der Waals surface area (Å²) in [4.78, 5) is 18.0. The third kappa shape index (κ3) is 4.01. The summed E-state index contributed by atoms with van der Waals surface area (Å²) in [5.41, 5.74) is 1.41. The number of nitrogens with zero attached hydrogens (tertiary/aromatic N) is 3. The number of sulfonamides is 1. The molecule has 2 heterocycles. The smallest absolute Gasteiger partial charge is 0.264 e. The number of amides is 1. The lowest BCUT2D eigenvalue weighted by Crippen LogP contribution is -2.64. The molecule has 0 radical (unpaired) electrons. The summed E-state index contributed by atoms with van der Waals surface area (Å²) >= 11 is 6.06. The van der Waals surface area contributed by atoms with Gasteiger partial charge in [-0.2, -0.15) is 4.31 Å². The van der Waals surface area contributed by atoms with Crippen LogP contribution in [0.2, 0.25) is 5.02 Å². The van der Waals surface area contributed by atoms with E-state index in [9.17, 15) is 13.2 Å². The predicted molar refractivity (Wildman–Crippen MR) is 134 cm³/mol. The molecule has 1 aliphatic rings. The van der Waals surface area contributed by atoms with E-state index in [1.807, 2.05) is 42.5 Å². The Morgan fingerprint density at radius 1 is 0.853 bits per heavy atom. The number of hydrogen-bond donors (Lipinski definition) is 0. The molecule has 0 bridgehead atoms. The highest BCUT2D eigenvalue weighted by Gasteiger charge is 2.45. The van der Waals surface area contributed by atoms with Gasteiger partial charge in [0.25, 0.3) is 0 Å². The first-order valence-electron chi connectivity index (χ1n) is 11.0. The van der Waals surface area contributed by atoms with Crippen LogP contribution in [0.1, 0.15) is 10.4 Å². The number of aromatic nitrogens is 1. The van der Waals surface area contributed by atoms with Gasteiger partial charge in [-0.3, -0.25) is 4.98 Å². The van der Waals surface area contributed by atoms with Crippen molar-refractivity contribution in [1.82, 2.24) is 13.8 Å². The van der Waals surface area contributed by atoms with Gasteiger partial charge >= 0.3 is 5.91 Å². The lowest BCUT2D eigenvalue weighted by atomic mass is 10.1. The Hall–Kier alpha value is -3.10. The molecule has 1 aromatic heterocycles. The second-order valence-electron chi connectivity index (χ2n) is 8.35. The van der Waals surface area contributed by atoms with Crippen molar-refractivity contribution in [2.24, 2.45) is 0 Å². The van der Waals surface area contributed by atoms with Crippen LogP contribution < -0.4 is 4.48 Å². The number of piperazine rings is 1. The van der Waals surface area contributed by atoms with Crippen LogP contribution in [0.3, 0.4) is 0 Å². The van der Waals surface area contributed by atoms with Gasteiger partial charge in [-0.15, -0.1) is 0 Å². The Morgan fingerprint density at radius 2 is 1.50 bits per heavy atom. The Kier molecular flexibility index (Phi) is 5.95. The van der Waals surface area contributed by atoms with Crippen LogP contribution in [0, 0.1) is 0 Å². The van der Waals surface area contributed by atoms with Gasteiger partial charge in [0.05, 0.1) is 23.5 Å². The quantitative estimate of drug-likeness (QED) is 0.386. The van der Waals surface area contributed by atoms with Gasteiger partial charge in [0.2, 0.25) is 10.0 Å². The molecule has 34 heavy (non-hydrogen) atoms. The number of benzene rings is 3. The largest absolute Gasteiger partial charge is 0.351 e. The van der Waals surface area contributed by atoms with E-state index in [2.05, 4.69) is 4.98 Å². The van der Waals surface area contributed by atoms with Crippen molar-refractivity contribution in [3.05, 3.63) is 102 Å². The molecule has 5 rings (SSSR count). The van der Waals surface area contributed by atoms with Crippen LogP contribution in [0.15, 0.2) is 96.2 Å². The van der Waals surface area contributed by atoms with Crippen LogP contribution in [0.25, 0.3) is 10.8 Å². The molecular weight excluding hydrogens is 470 g/mol. The number of fused-ring (bicyclic) bond motifs is 1. The average molecular weight is 493 g/mol. The third-order valence-corrected chi connectivity index (χ3v) is 8.57. The zero-order chi connectivity index (χ0) is 23.8. The molecule has 4 aromatic rings. The number of carbonyl (C=O) groups is 1. The lowest BCUT2D eigenvalue weighted by molar-refractivity contribution is 0.0706. The highest BCUT2D eigenvalue weighted by Crippen LogP contribution is 2.31. The normalized spacial score (nSPS) is 16.4. The Balaban J connectivity index is 1.46. The molecule has 1 fully saturated rings. The zero-order valence-corrected chi connectivity index (χ0v) is 19.9. The van der Waals surface area contributed by atoms with E-state index in [4.69, 9.17) is 11.6 Å². The molecule has 0 N–H and O–H groups in total. The van der Waals surface area contributed by atoms with Gasteiger partial charge in [-0.25, -0.2) is 17.7 Å². The molecule has 0 spiro atoms. The van der Waals surface area contributed by atoms with E-state index >= 15 is 0 Å². The van der Waals surface area contributed by atoms with Crippen LogP contribution in [-0.4, -0.2) is 49.8 Å². The lowest BCUT2D eigenvalue weighted by Gasteiger charge is -2.41. The maximum absolute atomic E-state index is 13.7. The van der Waals surface area contributed by atoms with E-state index in [0.717, 1.165) is 16.5 Å². The van der Waals surface area contributed by atoms with E-state index < -0.39 is 10.0 Å². The van der Waals surface area contributed by atoms with Crippen molar-refractivity contribution in [2.75, 3.05) is 26.2 Å². The van der Waals surface area contributed by atoms with Crippen molar-refractivity contribution < 1.29 is 13.2 Å². The van der Waals surface area contributed by atoms with E-state index in [-0.39, 0.29) is 28.4 Å². The first kappa shape index (κ1) is 22.7. The molecule has 1 amide bonds. The zero-order valence-electron chi connectivity index (χ0n) is 18.3. The Labute approximate surface area is 203 Å². The van der Waals surface area contributed by atoms with Gasteiger partial charge in [0.1, 0.15) is 18.8 Å². The second-order valence-corrected chi connectivity index (χ2v) is 10.7. The average Bonchev–Trinajstić information content (AvgIpc) is 2.89. The molecule has 0 aliphatic carbocycles. The second kappa shape index (κ2) is 8.92. The fourth-order valence-corrected chi connectivity index (χ4v) is 6.21. The summed E-state index contributed by atoms with van der Waals surface area (Å²) in [5, 5.41) is 2.29. The maximum Gasteiger partial charge on any atom is 0.351 e. The SMILES string of the molecule is O=C(c1ccccc1)[N+]1(c2ccncc2)CCN(S(=O)(=O)c2ccc3cc(Cl)ccc3c2)CC1. The number of rotatable bonds is 4. The van der Waals surface area contributed by atoms with Gasteiger partial charge in [0, 0.05) is 29.5 Å². The number of carbonyl (C=O) groups excluding carboxylic acids is 1. The topological polar surface area (TPSA) is 67.3 Å². The highest BCUT2D eigenvalue weighted by molar-refractivity contribution is 7.89. The first-order chi connectivity index (χ1) is 16.4. The van der Waals surface area contributed by atoms with Crippen molar-refractivity contribution in [3.8, 4) is 0 Å². The monoisotopic (exact) mass is 492 g/mol. The molecular formula is C26H23ClN3O3S+. The minimum Gasteiger partial charge on any atom is -0.264 e. The van der Waals surface area contributed by atoms with Crippen LogP contribution in [0.5, 0.6) is 0 Å². The molecule has 3 aromatic carbocycles. The van der Waals surface area contributed by atoms with Crippen molar-refractivity contribution in [2.45, 2.75) is 4.90 Å². The van der Waals surface area contributed by atoms with E-state index in [1.165, 1.54) is 4.31 Å². The predicted octanol–water partition coefficient (Wildman–Crippen LogP) is 4.74. The summed E-state index contributed by atoms with van der Waals surface area (Å²) in [6.07, 6.45) is 3.33. The minimum atomic E-state index is -3.72. The highest BCUT2D eigenvalue weighted by atomic mass is 35.5. The number of hydrogen-bond acceptors (Lipinski definition) is 4. The van der Waals surface area contributed by atoms with Crippen molar-refractivity contribution in [3.63, 3.8) is 0 Å². The molecule has 8 heteroatoms. The fourth-order valence-electron chi connectivity index (χ4n) is 4.57. The van der Waals surface area contributed by atoms with Crippen LogP contribution in [0.4, 0.5) is 5.69 Å². The van der Waals surface area contributed by atoms with Gasteiger partial charge in [-0.1, -0.05) is 41.9 Å². The number of halogens is 1. The minimum absolute atomic E-state index is 0.0496. The van der Waals surface area contributed by atoms with Gasteiger partial charge in [-0.05, 0) is 47.2 Å². The summed E-state index contributed by atoms with van der Waals surface area (Å²) in [7, 11) is -3.72. The molecule has 1 aliphatic heterocycles. The van der Waals surface area contributed by atoms with Crippen LogP contribution in [-0.2, 0) is 10.0 Å². The number of pyridine rings is 1. The van der Waals surface area contributed by atoms with E-state index in [1.54, 1.807) is 48.8 Å². The Morgan fingerprint density at radius 3 is 2.21 bits per heavy atom. The summed E-state index contributed by atoms with van der Waals surface area (Å²) in [5.74, 6) is -0.0496. The Bertz CT molecular complexity index is 1450. The number of quaternary nitrogens is 1. The van der Waals surface area contributed by atoms with Gasteiger partial charge < -0.3 is 0 Å². The third-order valence-electron chi connectivity index (χ3n) is 6.44. The summed E-state index contributed by atoms with van der Waals surface area (Å²) in [6, 6.07) is 23.2. The van der Waals surface area contributed by atoms with Crippen molar-refractivity contribution >= 4 is 44.0 Å². The molecule has 6 nitrogen and oxygen atoms in total.